The lowest BCUT2D eigenvalue weighted by molar-refractivity contribution is -0.119. The van der Waals surface area contributed by atoms with Gasteiger partial charge in [-0.1, -0.05) is 58.3 Å². The summed E-state index contributed by atoms with van der Waals surface area (Å²) in [5.41, 5.74) is 6.01. The number of amides is 1. The molecular formula is C18H30N2O3S. The van der Waals surface area contributed by atoms with Crippen LogP contribution in [0.25, 0.3) is 0 Å². The van der Waals surface area contributed by atoms with Crippen molar-refractivity contribution in [3.8, 4) is 0 Å². The van der Waals surface area contributed by atoms with Crippen LogP contribution in [0.2, 0.25) is 0 Å². The highest BCUT2D eigenvalue weighted by molar-refractivity contribution is 7.90. The van der Waals surface area contributed by atoms with Crippen molar-refractivity contribution in [2.24, 2.45) is 0 Å². The molecule has 0 aliphatic rings. The number of anilines is 1. The third-order valence-corrected chi connectivity index (χ3v) is 5.34. The van der Waals surface area contributed by atoms with Gasteiger partial charge in [-0.05, 0) is 30.7 Å². The number of nitrogen functional groups attached to an aromatic ring is 1. The van der Waals surface area contributed by atoms with E-state index in [2.05, 4.69) is 11.6 Å². The Morgan fingerprint density at radius 2 is 1.42 bits per heavy atom. The smallest absolute Gasteiger partial charge is 0.264 e. The van der Waals surface area contributed by atoms with E-state index >= 15 is 0 Å². The summed E-state index contributed by atoms with van der Waals surface area (Å²) in [6.07, 6.45) is 10.6. The predicted molar refractivity (Wildman–Crippen MR) is 98.0 cm³/mol. The molecule has 0 spiro atoms. The van der Waals surface area contributed by atoms with Gasteiger partial charge in [-0.15, -0.1) is 0 Å². The molecular weight excluding hydrogens is 324 g/mol. The van der Waals surface area contributed by atoms with Crippen molar-refractivity contribution >= 4 is 21.6 Å². The molecule has 0 unspecified atom stereocenters. The molecule has 3 N–H and O–H groups in total. The molecule has 0 fully saturated rings. The number of hydrogen-bond donors (Lipinski definition) is 2. The van der Waals surface area contributed by atoms with E-state index in [1.807, 2.05) is 0 Å². The van der Waals surface area contributed by atoms with Crippen LogP contribution in [0.3, 0.4) is 0 Å². The fourth-order valence-corrected chi connectivity index (χ4v) is 3.52. The highest BCUT2D eigenvalue weighted by atomic mass is 32.2. The third-order valence-electron chi connectivity index (χ3n) is 3.95. The maximum atomic E-state index is 12.0. The van der Waals surface area contributed by atoms with E-state index in [9.17, 15) is 13.2 Å². The van der Waals surface area contributed by atoms with Gasteiger partial charge in [-0.2, -0.15) is 0 Å². The second kappa shape index (κ2) is 11.1. The molecule has 0 atom stereocenters. The number of nitrogens with one attached hydrogen (secondary N) is 1. The van der Waals surface area contributed by atoms with Crippen LogP contribution in [-0.4, -0.2) is 14.3 Å². The SMILES string of the molecule is CCCCCCCCCCCC(=O)NS(=O)(=O)c1ccc(N)cc1. The Bertz CT molecular complexity index is 583. The molecule has 1 aromatic carbocycles. The van der Waals surface area contributed by atoms with Gasteiger partial charge in [0.05, 0.1) is 4.90 Å². The third kappa shape index (κ3) is 8.34. The lowest BCUT2D eigenvalue weighted by atomic mass is 10.1. The summed E-state index contributed by atoms with van der Waals surface area (Å²) >= 11 is 0. The van der Waals surface area contributed by atoms with E-state index < -0.39 is 15.9 Å². The lowest BCUT2D eigenvalue weighted by Crippen LogP contribution is -2.30. The number of rotatable bonds is 12. The van der Waals surface area contributed by atoms with Crippen molar-refractivity contribution in [2.45, 2.75) is 76.0 Å². The van der Waals surface area contributed by atoms with Gasteiger partial charge >= 0.3 is 0 Å². The van der Waals surface area contributed by atoms with Gasteiger partial charge in [0, 0.05) is 12.1 Å². The zero-order chi connectivity index (χ0) is 17.8. The van der Waals surface area contributed by atoms with Gasteiger partial charge < -0.3 is 5.73 Å². The zero-order valence-electron chi connectivity index (χ0n) is 14.6. The molecule has 5 nitrogen and oxygen atoms in total. The molecule has 0 bridgehead atoms. The first-order valence-corrected chi connectivity index (χ1v) is 10.3. The van der Waals surface area contributed by atoms with E-state index in [-0.39, 0.29) is 11.3 Å². The number of carbonyl (C=O) groups is 1. The van der Waals surface area contributed by atoms with Crippen molar-refractivity contribution in [2.75, 3.05) is 5.73 Å². The number of sulfonamides is 1. The summed E-state index contributed by atoms with van der Waals surface area (Å²) in [6.45, 7) is 2.21. The second-order valence-electron chi connectivity index (χ2n) is 6.18. The minimum atomic E-state index is -3.79. The summed E-state index contributed by atoms with van der Waals surface area (Å²) in [4.78, 5) is 11.8. The Morgan fingerprint density at radius 3 is 1.96 bits per heavy atom. The molecule has 1 amide bonds. The molecule has 0 radical (unpaired) electrons. The van der Waals surface area contributed by atoms with Crippen LogP contribution in [-0.2, 0) is 14.8 Å². The average Bonchev–Trinajstić information content (AvgIpc) is 2.53. The topological polar surface area (TPSA) is 89.3 Å². The maximum absolute atomic E-state index is 12.0. The van der Waals surface area contributed by atoms with Crippen molar-refractivity contribution in [3.05, 3.63) is 24.3 Å². The Morgan fingerprint density at radius 1 is 0.917 bits per heavy atom. The van der Waals surface area contributed by atoms with Crippen molar-refractivity contribution in [1.82, 2.24) is 4.72 Å². The summed E-state index contributed by atoms with van der Waals surface area (Å²) in [7, 11) is -3.79. The van der Waals surface area contributed by atoms with E-state index in [0.717, 1.165) is 19.3 Å². The molecule has 0 aliphatic carbocycles. The van der Waals surface area contributed by atoms with Crippen molar-refractivity contribution < 1.29 is 13.2 Å². The van der Waals surface area contributed by atoms with Crippen LogP contribution in [0.5, 0.6) is 0 Å². The van der Waals surface area contributed by atoms with Crippen LogP contribution in [0.15, 0.2) is 29.2 Å². The fourth-order valence-electron chi connectivity index (χ4n) is 2.50. The van der Waals surface area contributed by atoms with Gasteiger partial charge in [0.2, 0.25) is 5.91 Å². The highest BCUT2D eigenvalue weighted by Crippen LogP contribution is 2.13. The summed E-state index contributed by atoms with van der Waals surface area (Å²) in [6, 6.07) is 5.78. The van der Waals surface area contributed by atoms with E-state index in [4.69, 9.17) is 5.73 Å². The molecule has 6 heteroatoms. The molecule has 0 saturated heterocycles. The molecule has 0 aromatic heterocycles. The average molecular weight is 355 g/mol. The van der Waals surface area contributed by atoms with Crippen molar-refractivity contribution in [1.29, 1.82) is 0 Å². The van der Waals surface area contributed by atoms with Gasteiger partial charge in [-0.25, -0.2) is 13.1 Å². The zero-order valence-corrected chi connectivity index (χ0v) is 15.4. The summed E-state index contributed by atoms with van der Waals surface area (Å²) in [5, 5.41) is 0. The summed E-state index contributed by atoms with van der Waals surface area (Å²) < 4.78 is 26.2. The van der Waals surface area contributed by atoms with E-state index in [1.165, 1.54) is 62.8 Å². The first-order valence-electron chi connectivity index (χ1n) is 8.87. The fraction of sp³-hybridized carbons (Fsp3) is 0.611. The maximum Gasteiger partial charge on any atom is 0.264 e. The lowest BCUT2D eigenvalue weighted by Gasteiger charge is -2.07. The number of nitrogens with two attached hydrogens (primary N) is 1. The Hall–Kier alpha value is -1.56. The number of unbranched alkanes of at least 4 members (excludes halogenated alkanes) is 8. The molecule has 24 heavy (non-hydrogen) atoms. The number of carbonyl (C=O) groups excluding carboxylic acids is 1. The second-order valence-corrected chi connectivity index (χ2v) is 7.86. The molecule has 0 saturated carbocycles. The van der Waals surface area contributed by atoms with Gasteiger partial charge in [0.25, 0.3) is 10.0 Å². The minimum Gasteiger partial charge on any atom is -0.399 e. The largest absolute Gasteiger partial charge is 0.399 e. The van der Waals surface area contributed by atoms with Crippen LogP contribution in [0, 0.1) is 0 Å². The van der Waals surface area contributed by atoms with Crippen LogP contribution < -0.4 is 10.5 Å². The van der Waals surface area contributed by atoms with E-state index in [1.54, 1.807) is 0 Å². The first kappa shape index (κ1) is 20.5. The monoisotopic (exact) mass is 354 g/mol. The molecule has 136 valence electrons. The number of hydrogen-bond acceptors (Lipinski definition) is 4. The van der Waals surface area contributed by atoms with Gasteiger partial charge in [-0.3, -0.25) is 4.79 Å². The summed E-state index contributed by atoms with van der Waals surface area (Å²) in [5.74, 6) is -0.449. The molecule has 1 rings (SSSR count). The van der Waals surface area contributed by atoms with Gasteiger partial charge in [0.1, 0.15) is 0 Å². The molecule has 0 aliphatic heterocycles. The highest BCUT2D eigenvalue weighted by Gasteiger charge is 2.16. The standard InChI is InChI=1S/C18H30N2O3S/c1-2-3-4-5-6-7-8-9-10-11-18(21)20-24(22,23)17-14-12-16(19)13-15-17/h12-15H,2-11,19H2,1H3,(H,20,21). The van der Waals surface area contributed by atoms with E-state index in [0.29, 0.717) is 5.69 Å². The molecule has 0 heterocycles. The van der Waals surface area contributed by atoms with Crippen LogP contribution >= 0.6 is 0 Å². The number of benzene rings is 1. The Kier molecular flexibility index (Phi) is 9.45. The molecule has 1 aromatic rings. The van der Waals surface area contributed by atoms with Crippen LogP contribution in [0.4, 0.5) is 5.69 Å². The Labute approximate surface area is 146 Å². The quantitative estimate of drug-likeness (QED) is 0.438. The Balaban J connectivity index is 2.18. The van der Waals surface area contributed by atoms with Gasteiger partial charge in [0.15, 0.2) is 0 Å². The normalized spacial score (nSPS) is 11.4. The minimum absolute atomic E-state index is 0.0529. The van der Waals surface area contributed by atoms with Crippen LogP contribution in [0.1, 0.15) is 71.1 Å². The van der Waals surface area contributed by atoms with Crippen molar-refractivity contribution in [3.63, 3.8) is 0 Å². The predicted octanol–water partition coefficient (Wildman–Crippen LogP) is 3.99. The first-order chi connectivity index (χ1) is 11.5.